The van der Waals surface area contributed by atoms with E-state index in [9.17, 15) is 17.7 Å². The highest BCUT2D eigenvalue weighted by molar-refractivity contribution is 7.71. The molecule has 1 aromatic carbocycles. The Morgan fingerprint density at radius 1 is 1.13 bits per heavy atom. The van der Waals surface area contributed by atoms with E-state index in [1.54, 1.807) is 32.2 Å². The maximum absolute atomic E-state index is 13.3. The lowest BCUT2D eigenvalue weighted by molar-refractivity contribution is -0.138. The third-order valence-electron chi connectivity index (χ3n) is 5.62. The molecular weight excluding hydrogens is 424 g/mol. The number of alkyl halides is 3. The molecule has 0 amide bonds. The lowest BCUT2D eigenvalue weighted by Crippen LogP contribution is -2.16. The number of nitrogens with one attached hydrogen (secondary N) is 1. The second-order valence-electron chi connectivity index (χ2n) is 7.58. The zero-order valence-electron chi connectivity index (χ0n) is 18.2. The third kappa shape index (κ3) is 4.59. The van der Waals surface area contributed by atoms with Gasteiger partial charge in [0.05, 0.1) is 23.3 Å². The topological polar surface area (TPSA) is 67.8 Å². The van der Waals surface area contributed by atoms with Gasteiger partial charge in [-0.05, 0) is 44.0 Å². The van der Waals surface area contributed by atoms with Gasteiger partial charge in [0.2, 0.25) is 0 Å². The van der Waals surface area contributed by atoms with Crippen LogP contribution in [0.1, 0.15) is 49.3 Å². The molecule has 3 aromatic rings. The van der Waals surface area contributed by atoms with Gasteiger partial charge in [-0.2, -0.15) is 13.2 Å². The van der Waals surface area contributed by atoms with Gasteiger partial charge in [-0.1, -0.05) is 26.0 Å². The summed E-state index contributed by atoms with van der Waals surface area (Å²) >= 11 is 0. The molecule has 1 atom stereocenters. The third-order valence-corrected chi connectivity index (χ3v) is 8.74. The first-order chi connectivity index (χ1) is 14.5. The summed E-state index contributed by atoms with van der Waals surface area (Å²) in [4.78, 5) is 13.3. The number of hydrogen-bond acceptors (Lipinski definition) is 5. The summed E-state index contributed by atoms with van der Waals surface area (Å²) in [7, 11) is -2.61. The van der Waals surface area contributed by atoms with E-state index in [-0.39, 0.29) is 5.56 Å². The van der Waals surface area contributed by atoms with Crippen molar-refractivity contribution in [2.24, 2.45) is 0 Å². The Morgan fingerprint density at radius 3 is 2.42 bits per heavy atom. The first-order valence-electron chi connectivity index (χ1n) is 10.2. The Bertz CT molecular complexity index is 1160. The van der Waals surface area contributed by atoms with Crippen LogP contribution in [-0.4, -0.2) is 27.3 Å². The van der Waals surface area contributed by atoms with Gasteiger partial charge in [-0.15, -0.1) is 0 Å². The molecule has 3 rings (SSSR count). The molecule has 0 unspecified atom stereocenters. The molecule has 0 radical (unpaired) electrons. The molecule has 0 aliphatic carbocycles. The maximum atomic E-state index is 13.3. The van der Waals surface area contributed by atoms with Crippen molar-refractivity contribution in [3.8, 4) is 0 Å². The predicted octanol–water partition coefficient (Wildman–Crippen LogP) is 5.86. The van der Waals surface area contributed by atoms with Crippen LogP contribution in [-0.2, 0) is 10.7 Å². The van der Waals surface area contributed by atoms with Crippen molar-refractivity contribution in [2.45, 2.75) is 46.8 Å². The first-order valence-corrected chi connectivity index (χ1v) is 12.2. The molecule has 5 nitrogen and oxygen atoms in total. The molecule has 0 bridgehead atoms. The van der Waals surface area contributed by atoms with Gasteiger partial charge >= 0.3 is 6.18 Å². The van der Waals surface area contributed by atoms with E-state index in [1.807, 2.05) is 13.8 Å². The fourth-order valence-corrected chi connectivity index (χ4v) is 5.46. The Labute approximate surface area is 179 Å². The van der Waals surface area contributed by atoms with Crippen LogP contribution in [0.25, 0.3) is 10.9 Å². The zero-order chi connectivity index (χ0) is 23.0. The van der Waals surface area contributed by atoms with Crippen molar-refractivity contribution in [3.63, 3.8) is 0 Å². The summed E-state index contributed by atoms with van der Waals surface area (Å²) in [5.41, 5.74) is 1.16. The number of hydrogen-bond donors (Lipinski definition) is 1. The molecule has 0 fully saturated rings. The summed E-state index contributed by atoms with van der Waals surface area (Å²) in [5, 5.41) is 3.89. The van der Waals surface area contributed by atoms with Crippen LogP contribution in [0, 0.1) is 13.8 Å². The Balaban J connectivity index is 2.08. The van der Waals surface area contributed by atoms with Crippen molar-refractivity contribution in [1.82, 2.24) is 15.0 Å². The van der Waals surface area contributed by atoms with E-state index in [0.29, 0.717) is 45.9 Å². The Morgan fingerprint density at radius 2 is 1.81 bits per heavy atom. The van der Waals surface area contributed by atoms with Gasteiger partial charge in [0.15, 0.2) is 0 Å². The van der Waals surface area contributed by atoms with E-state index >= 15 is 0 Å². The van der Waals surface area contributed by atoms with Crippen molar-refractivity contribution in [2.75, 3.05) is 17.6 Å². The van der Waals surface area contributed by atoms with Crippen molar-refractivity contribution in [1.29, 1.82) is 0 Å². The zero-order valence-corrected chi connectivity index (χ0v) is 19.1. The lowest BCUT2D eigenvalue weighted by atomic mass is 9.97. The van der Waals surface area contributed by atoms with Crippen molar-refractivity contribution < 1.29 is 17.7 Å². The van der Waals surface area contributed by atoms with E-state index in [2.05, 4.69) is 20.3 Å². The number of halogens is 3. The van der Waals surface area contributed by atoms with Crippen molar-refractivity contribution in [3.05, 3.63) is 53.0 Å². The number of aromatic nitrogens is 3. The minimum absolute atomic E-state index is 0.175. The normalized spacial score (nSPS) is 13.4. The van der Waals surface area contributed by atoms with Gasteiger partial charge in [0, 0.05) is 17.7 Å². The molecule has 0 saturated heterocycles. The number of pyridine rings is 1. The number of rotatable bonds is 6. The summed E-state index contributed by atoms with van der Waals surface area (Å²) in [6.07, 6.45) is -1.84. The van der Waals surface area contributed by atoms with Crippen molar-refractivity contribution >= 4 is 29.3 Å². The quantitative estimate of drug-likeness (QED) is 0.477. The molecule has 0 saturated carbocycles. The fraction of sp³-hybridized carbons (Fsp3) is 0.409. The van der Waals surface area contributed by atoms with Gasteiger partial charge in [-0.25, -0.2) is 9.97 Å². The van der Waals surface area contributed by atoms with Crippen LogP contribution in [0.3, 0.4) is 0 Å². The van der Waals surface area contributed by atoms with Crippen LogP contribution in [0.5, 0.6) is 0 Å². The molecule has 1 N–H and O–H groups in total. The summed E-state index contributed by atoms with van der Waals surface area (Å²) in [5.74, 6) is 0.987. The number of nitrogens with zero attached hydrogens (tertiary/aromatic N) is 3. The van der Waals surface area contributed by atoms with E-state index in [0.717, 1.165) is 6.07 Å². The molecule has 166 valence electrons. The fourth-order valence-electron chi connectivity index (χ4n) is 3.73. The summed E-state index contributed by atoms with van der Waals surface area (Å²) in [6.45, 7) is 8.75. The van der Waals surface area contributed by atoms with Crippen LogP contribution in [0.15, 0.2) is 30.5 Å². The minimum Gasteiger partial charge on any atom is -0.363 e. The standard InChI is InChI=1S/C22H26F3N4OP/c1-6-31(30,7-2)20-11-17-19(12-26-20)28-15(5)29-21(17)27-14(4)16-9-8-10-18(13(16)3)22(23,24)25/h8-12,14H,6-7H2,1-5H3,(H,27,28,29)/t14-/m1/s1. The molecular formula is C22H26F3N4OP. The number of anilines is 1. The first kappa shape index (κ1) is 23.2. The molecule has 0 spiro atoms. The number of fused-ring (bicyclic) bond motifs is 1. The molecule has 0 aliphatic rings. The number of benzene rings is 1. The monoisotopic (exact) mass is 450 g/mol. The minimum atomic E-state index is -4.42. The van der Waals surface area contributed by atoms with E-state index < -0.39 is 24.9 Å². The summed E-state index contributed by atoms with van der Waals surface area (Å²) < 4.78 is 53.2. The van der Waals surface area contributed by atoms with Crippen LogP contribution in [0.2, 0.25) is 0 Å². The highest BCUT2D eigenvalue weighted by atomic mass is 31.2. The second kappa shape index (κ2) is 8.58. The highest BCUT2D eigenvalue weighted by Gasteiger charge is 2.33. The van der Waals surface area contributed by atoms with Gasteiger partial charge in [-0.3, -0.25) is 4.98 Å². The largest absolute Gasteiger partial charge is 0.416 e. The van der Waals surface area contributed by atoms with E-state index in [1.165, 1.54) is 13.0 Å². The van der Waals surface area contributed by atoms with Gasteiger partial charge < -0.3 is 9.88 Å². The molecule has 31 heavy (non-hydrogen) atoms. The summed E-state index contributed by atoms with van der Waals surface area (Å²) in [6, 6.07) is 5.47. The molecule has 2 heterocycles. The average molecular weight is 450 g/mol. The molecule has 9 heteroatoms. The average Bonchev–Trinajstić information content (AvgIpc) is 2.72. The Kier molecular flexibility index (Phi) is 6.42. The molecule has 2 aromatic heterocycles. The molecule has 0 aliphatic heterocycles. The van der Waals surface area contributed by atoms with Crippen LogP contribution >= 0.6 is 7.14 Å². The lowest BCUT2D eigenvalue weighted by Gasteiger charge is -2.21. The SMILES string of the molecule is CCP(=O)(CC)c1cc2c(N[C@H](C)c3cccc(C(F)(F)F)c3C)nc(C)nc2cn1. The predicted molar refractivity (Wildman–Crippen MR) is 119 cm³/mol. The van der Waals surface area contributed by atoms with Gasteiger partial charge in [0.25, 0.3) is 0 Å². The van der Waals surface area contributed by atoms with Gasteiger partial charge in [0.1, 0.15) is 24.2 Å². The Hall–Kier alpha value is -2.47. The van der Waals surface area contributed by atoms with E-state index in [4.69, 9.17) is 0 Å². The highest BCUT2D eigenvalue weighted by Crippen LogP contribution is 2.43. The number of aryl methyl sites for hydroxylation is 1. The van der Waals surface area contributed by atoms with Crippen LogP contribution < -0.4 is 10.8 Å². The second-order valence-corrected chi connectivity index (χ2v) is 11.1. The van der Waals surface area contributed by atoms with Crippen LogP contribution in [0.4, 0.5) is 19.0 Å². The maximum Gasteiger partial charge on any atom is 0.416 e. The smallest absolute Gasteiger partial charge is 0.363 e.